The molecule has 0 radical (unpaired) electrons. The smallest absolute Gasteiger partial charge is 0.274 e. The number of aryl methyl sites for hydroxylation is 1. The van der Waals surface area contributed by atoms with Crippen molar-refractivity contribution in [2.24, 2.45) is 0 Å². The molecule has 1 aromatic carbocycles. The maximum Gasteiger partial charge on any atom is 0.274 e. The Morgan fingerprint density at radius 2 is 1.96 bits per heavy atom. The topological polar surface area (TPSA) is 64.4 Å². The van der Waals surface area contributed by atoms with Crippen LogP contribution in [0, 0.1) is 0 Å². The minimum absolute atomic E-state index is 0.196. The molecule has 0 atom stereocenters. The Morgan fingerprint density at radius 3 is 2.64 bits per heavy atom. The van der Waals surface area contributed by atoms with Crippen LogP contribution < -0.4 is 10.3 Å². The van der Waals surface area contributed by atoms with E-state index in [-0.39, 0.29) is 17.2 Å². The van der Waals surface area contributed by atoms with Gasteiger partial charge >= 0.3 is 0 Å². The van der Waals surface area contributed by atoms with Crippen LogP contribution in [-0.2, 0) is 6.54 Å². The number of unbranched alkanes of at least 4 members (excludes halogenated alkanes) is 1. The SMILES string of the molecule is CCCCn1nc(C(=O)N(C)CCOc2ccc(Cl)cc2)ccc1=O. The van der Waals surface area contributed by atoms with E-state index in [0.29, 0.717) is 30.5 Å². The molecule has 0 bridgehead atoms. The summed E-state index contributed by atoms with van der Waals surface area (Å²) in [5.41, 5.74) is 0.0587. The minimum Gasteiger partial charge on any atom is -0.492 e. The lowest BCUT2D eigenvalue weighted by Crippen LogP contribution is -2.33. The number of benzene rings is 1. The highest BCUT2D eigenvalue weighted by atomic mass is 35.5. The Kier molecular flexibility index (Phi) is 7.01. The largest absolute Gasteiger partial charge is 0.492 e. The average Bonchev–Trinajstić information content (AvgIpc) is 2.62. The first kappa shape index (κ1) is 19.0. The van der Waals surface area contributed by atoms with Crippen LogP contribution in [0.1, 0.15) is 30.3 Å². The van der Waals surface area contributed by atoms with Gasteiger partial charge in [-0.25, -0.2) is 4.68 Å². The number of nitrogens with zero attached hydrogens (tertiary/aromatic N) is 3. The van der Waals surface area contributed by atoms with Crippen LogP contribution in [-0.4, -0.2) is 40.8 Å². The van der Waals surface area contributed by atoms with Crippen molar-refractivity contribution >= 4 is 17.5 Å². The summed E-state index contributed by atoms with van der Waals surface area (Å²) in [6.45, 7) is 3.30. The second-order valence-corrected chi connectivity index (χ2v) is 6.10. The first-order valence-electron chi connectivity index (χ1n) is 8.23. The predicted molar refractivity (Wildman–Crippen MR) is 97.3 cm³/mol. The lowest BCUT2D eigenvalue weighted by atomic mass is 10.3. The number of halogens is 1. The zero-order valence-corrected chi connectivity index (χ0v) is 15.2. The average molecular weight is 364 g/mol. The molecule has 7 heteroatoms. The van der Waals surface area contributed by atoms with Crippen molar-refractivity contribution in [3.8, 4) is 5.75 Å². The molecule has 134 valence electrons. The molecule has 1 heterocycles. The van der Waals surface area contributed by atoms with Gasteiger partial charge in [-0.3, -0.25) is 9.59 Å². The van der Waals surface area contributed by atoms with Gasteiger partial charge in [-0.05, 0) is 36.8 Å². The summed E-state index contributed by atoms with van der Waals surface area (Å²) in [6.07, 6.45) is 1.80. The van der Waals surface area contributed by atoms with E-state index in [2.05, 4.69) is 5.10 Å². The number of carbonyl (C=O) groups is 1. The fourth-order valence-electron chi connectivity index (χ4n) is 2.16. The van der Waals surface area contributed by atoms with Crippen molar-refractivity contribution in [3.63, 3.8) is 0 Å². The maximum absolute atomic E-state index is 12.4. The second kappa shape index (κ2) is 9.22. The summed E-state index contributed by atoms with van der Waals surface area (Å²) in [6, 6.07) is 9.88. The van der Waals surface area contributed by atoms with Gasteiger partial charge in [0, 0.05) is 24.7 Å². The Morgan fingerprint density at radius 1 is 1.24 bits per heavy atom. The van der Waals surface area contributed by atoms with Crippen molar-refractivity contribution in [1.29, 1.82) is 0 Å². The van der Waals surface area contributed by atoms with Crippen LogP contribution >= 0.6 is 11.6 Å². The van der Waals surface area contributed by atoms with E-state index in [1.165, 1.54) is 21.7 Å². The van der Waals surface area contributed by atoms with Gasteiger partial charge in [0.2, 0.25) is 0 Å². The van der Waals surface area contributed by atoms with E-state index in [1.807, 2.05) is 6.92 Å². The van der Waals surface area contributed by atoms with Crippen molar-refractivity contribution < 1.29 is 9.53 Å². The third kappa shape index (κ3) is 5.60. The zero-order chi connectivity index (χ0) is 18.2. The van der Waals surface area contributed by atoms with Gasteiger partial charge in [-0.2, -0.15) is 5.10 Å². The summed E-state index contributed by atoms with van der Waals surface area (Å²) in [4.78, 5) is 25.7. The number of amides is 1. The Labute approximate surface area is 152 Å². The van der Waals surface area contributed by atoms with Crippen LogP contribution in [0.25, 0.3) is 0 Å². The first-order valence-corrected chi connectivity index (χ1v) is 8.61. The monoisotopic (exact) mass is 363 g/mol. The van der Waals surface area contributed by atoms with E-state index in [9.17, 15) is 9.59 Å². The molecule has 0 saturated carbocycles. The van der Waals surface area contributed by atoms with Gasteiger partial charge in [0.1, 0.15) is 18.1 Å². The summed E-state index contributed by atoms with van der Waals surface area (Å²) in [5, 5.41) is 4.81. The summed E-state index contributed by atoms with van der Waals surface area (Å²) < 4.78 is 6.93. The third-order valence-corrected chi connectivity index (χ3v) is 3.92. The molecule has 0 N–H and O–H groups in total. The molecule has 0 aliphatic rings. The molecular weight excluding hydrogens is 342 g/mol. The number of carbonyl (C=O) groups excluding carboxylic acids is 1. The van der Waals surface area contributed by atoms with Crippen LogP contribution in [0.15, 0.2) is 41.2 Å². The number of aromatic nitrogens is 2. The number of hydrogen-bond acceptors (Lipinski definition) is 4. The fraction of sp³-hybridized carbons (Fsp3) is 0.389. The van der Waals surface area contributed by atoms with E-state index in [0.717, 1.165) is 12.8 Å². The van der Waals surface area contributed by atoms with Crippen LogP contribution in [0.3, 0.4) is 0 Å². The number of hydrogen-bond donors (Lipinski definition) is 0. The third-order valence-electron chi connectivity index (χ3n) is 3.66. The minimum atomic E-state index is -0.245. The van der Waals surface area contributed by atoms with Crippen molar-refractivity contribution in [2.75, 3.05) is 20.2 Å². The summed E-state index contributed by atoms with van der Waals surface area (Å²) in [5.74, 6) is 0.446. The summed E-state index contributed by atoms with van der Waals surface area (Å²) in [7, 11) is 1.68. The molecule has 0 aliphatic carbocycles. The first-order chi connectivity index (χ1) is 12.0. The molecule has 6 nitrogen and oxygen atoms in total. The lowest BCUT2D eigenvalue weighted by molar-refractivity contribution is 0.0765. The van der Waals surface area contributed by atoms with Gasteiger partial charge in [-0.1, -0.05) is 24.9 Å². The highest BCUT2D eigenvalue weighted by Crippen LogP contribution is 2.15. The molecule has 0 unspecified atom stereocenters. The van der Waals surface area contributed by atoms with E-state index >= 15 is 0 Å². The van der Waals surface area contributed by atoms with E-state index in [4.69, 9.17) is 16.3 Å². The molecule has 1 amide bonds. The van der Waals surface area contributed by atoms with Crippen LogP contribution in [0.2, 0.25) is 5.02 Å². The van der Waals surface area contributed by atoms with Crippen molar-refractivity contribution in [2.45, 2.75) is 26.3 Å². The van der Waals surface area contributed by atoms with Crippen LogP contribution in [0.5, 0.6) is 5.75 Å². The highest BCUT2D eigenvalue weighted by molar-refractivity contribution is 6.30. The molecule has 0 spiro atoms. The molecular formula is C18H22ClN3O3. The molecule has 1 aromatic heterocycles. The van der Waals surface area contributed by atoms with Crippen molar-refractivity contribution in [1.82, 2.24) is 14.7 Å². The molecule has 0 aliphatic heterocycles. The predicted octanol–water partition coefficient (Wildman–Crippen LogP) is 2.85. The lowest BCUT2D eigenvalue weighted by Gasteiger charge is -2.17. The second-order valence-electron chi connectivity index (χ2n) is 5.66. The maximum atomic E-state index is 12.4. The van der Waals surface area contributed by atoms with Crippen LogP contribution in [0.4, 0.5) is 0 Å². The van der Waals surface area contributed by atoms with Gasteiger partial charge in [0.25, 0.3) is 11.5 Å². The normalized spacial score (nSPS) is 10.5. The Balaban J connectivity index is 1.92. The summed E-state index contributed by atoms with van der Waals surface area (Å²) >= 11 is 5.82. The number of rotatable bonds is 8. The Hall–Kier alpha value is -2.34. The molecule has 2 rings (SSSR count). The van der Waals surface area contributed by atoms with E-state index in [1.54, 1.807) is 31.3 Å². The fourth-order valence-corrected chi connectivity index (χ4v) is 2.29. The van der Waals surface area contributed by atoms with E-state index < -0.39 is 0 Å². The number of ether oxygens (including phenoxy) is 1. The highest BCUT2D eigenvalue weighted by Gasteiger charge is 2.14. The quantitative estimate of drug-likeness (QED) is 0.723. The van der Waals surface area contributed by atoms with Gasteiger partial charge in [-0.15, -0.1) is 0 Å². The molecule has 0 fully saturated rings. The molecule has 2 aromatic rings. The van der Waals surface area contributed by atoms with Gasteiger partial charge in [0.15, 0.2) is 0 Å². The molecule has 0 saturated heterocycles. The Bertz CT molecular complexity index is 759. The van der Waals surface area contributed by atoms with Crippen molar-refractivity contribution in [3.05, 3.63) is 57.5 Å². The number of likely N-dealkylation sites (N-methyl/N-ethyl adjacent to an activating group) is 1. The zero-order valence-electron chi connectivity index (χ0n) is 14.4. The molecule has 25 heavy (non-hydrogen) atoms. The van der Waals surface area contributed by atoms with Gasteiger partial charge in [0.05, 0.1) is 6.54 Å². The standard InChI is InChI=1S/C18H22ClN3O3/c1-3-4-11-22-17(23)10-9-16(20-22)18(24)21(2)12-13-25-15-7-5-14(19)6-8-15/h5-10H,3-4,11-13H2,1-2H3. The van der Waals surface area contributed by atoms with Gasteiger partial charge < -0.3 is 9.64 Å².